The number of halogens is 1. The van der Waals surface area contributed by atoms with Crippen molar-refractivity contribution in [3.63, 3.8) is 0 Å². The molecule has 38 heavy (non-hydrogen) atoms. The molecule has 0 fully saturated rings. The molecule has 7 nitrogen and oxygen atoms in total. The molecule has 1 heterocycles. The van der Waals surface area contributed by atoms with E-state index in [0.29, 0.717) is 33.3 Å². The zero-order valence-electron chi connectivity index (χ0n) is 21.5. The first-order valence-electron chi connectivity index (χ1n) is 12.2. The number of hydrogen-bond acceptors (Lipinski definition) is 6. The average molecular weight is 537 g/mol. The zero-order valence-corrected chi connectivity index (χ0v) is 22.3. The molecule has 0 bridgehead atoms. The SMILES string of the molecule is CCOC(=O)Cc1ccccc1OCc1cc(-c2cc#cc(CN)c2F)c2ccn(S(=O)(=O)C(C)C)c2c1. The zero-order chi connectivity index (χ0) is 27.4. The van der Waals surface area contributed by atoms with E-state index in [1.165, 1.54) is 16.2 Å². The van der Waals surface area contributed by atoms with Crippen LogP contribution in [0.5, 0.6) is 5.75 Å². The van der Waals surface area contributed by atoms with Crippen LogP contribution in [0.3, 0.4) is 0 Å². The van der Waals surface area contributed by atoms with Crippen LogP contribution in [0.25, 0.3) is 22.0 Å². The fourth-order valence-corrected chi connectivity index (χ4v) is 5.27. The van der Waals surface area contributed by atoms with Crippen LogP contribution in [-0.2, 0) is 39.1 Å². The summed E-state index contributed by atoms with van der Waals surface area (Å²) >= 11 is 0. The third-order valence-corrected chi connectivity index (χ3v) is 8.20. The second-order valence-corrected chi connectivity index (χ2v) is 11.3. The Balaban J connectivity index is 1.81. The first-order chi connectivity index (χ1) is 18.2. The molecule has 0 saturated heterocycles. The molecule has 0 saturated carbocycles. The van der Waals surface area contributed by atoms with Crippen LogP contribution >= 0.6 is 0 Å². The van der Waals surface area contributed by atoms with Crippen LogP contribution in [0.4, 0.5) is 4.39 Å². The maximum Gasteiger partial charge on any atom is 0.310 e. The summed E-state index contributed by atoms with van der Waals surface area (Å²) in [5.41, 5.74) is 8.25. The highest BCUT2D eigenvalue weighted by Gasteiger charge is 2.23. The van der Waals surface area contributed by atoms with Gasteiger partial charge in [0.15, 0.2) is 0 Å². The number of nitrogens with two attached hydrogens (primary N) is 1. The lowest BCUT2D eigenvalue weighted by atomic mass is 9.98. The quantitative estimate of drug-likeness (QED) is 0.293. The monoisotopic (exact) mass is 536 g/mol. The van der Waals surface area contributed by atoms with E-state index in [2.05, 4.69) is 12.1 Å². The van der Waals surface area contributed by atoms with Gasteiger partial charge in [-0.3, -0.25) is 4.79 Å². The predicted molar refractivity (Wildman–Crippen MR) is 143 cm³/mol. The van der Waals surface area contributed by atoms with E-state index in [1.807, 2.05) is 0 Å². The van der Waals surface area contributed by atoms with Gasteiger partial charge >= 0.3 is 5.97 Å². The number of benzene rings is 2. The van der Waals surface area contributed by atoms with Gasteiger partial charge in [-0.2, -0.15) is 0 Å². The van der Waals surface area contributed by atoms with Crippen LogP contribution in [0, 0.1) is 17.9 Å². The van der Waals surface area contributed by atoms with Gasteiger partial charge in [0.25, 0.3) is 0 Å². The van der Waals surface area contributed by atoms with Crippen molar-refractivity contribution in [3.8, 4) is 16.9 Å². The number of rotatable bonds is 10. The Morgan fingerprint density at radius 1 is 1.16 bits per heavy atom. The summed E-state index contributed by atoms with van der Waals surface area (Å²) in [5.74, 6) is -0.413. The first-order valence-corrected chi connectivity index (χ1v) is 13.7. The van der Waals surface area contributed by atoms with Crippen molar-refractivity contribution in [3.05, 3.63) is 89.4 Å². The molecule has 0 atom stereocenters. The lowest BCUT2D eigenvalue weighted by molar-refractivity contribution is -0.142. The molecule has 0 radical (unpaired) electrons. The first kappa shape index (κ1) is 27.2. The van der Waals surface area contributed by atoms with E-state index >= 15 is 4.39 Å². The number of carbonyl (C=O) groups is 1. The Morgan fingerprint density at radius 2 is 1.92 bits per heavy atom. The van der Waals surface area contributed by atoms with Gasteiger partial charge in [-0.1, -0.05) is 30.3 Å². The van der Waals surface area contributed by atoms with Crippen LogP contribution in [0.15, 0.2) is 54.7 Å². The van der Waals surface area contributed by atoms with Crippen molar-refractivity contribution in [2.45, 2.75) is 45.6 Å². The Morgan fingerprint density at radius 3 is 2.63 bits per heavy atom. The van der Waals surface area contributed by atoms with Gasteiger partial charge < -0.3 is 15.2 Å². The molecule has 2 N–H and O–H groups in total. The Hall–Kier alpha value is -3.87. The highest BCUT2D eigenvalue weighted by Crippen LogP contribution is 2.34. The minimum absolute atomic E-state index is 0.0454. The van der Waals surface area contributed by atoms with E-state index < -0.39 is 21.1 Å². The van der Waals surface area contributed by atoms with Gasteiger partial charge in [0.05, 0.1) is 29.4 Å². The van der Waals surface area contributed by atoms with Crippen molar-refractivity contribution < 1.29 is 27.1 Å². The van der Waals surface area contributed by atoms with Gasteiger partial charge in [0.2, 0.25) is 10.0 Å². The molecular weight excluding hydrogens is 507 g/mol. The summed E-state index contributed by atoms with van der Waals surface area (Å²) in [6, 6.07) is 19.2. The molecule has 198 valence electrons. The lowest BCUT2D eigenvalue weighted by Gasteiger charge is -2.15. The summed E-state index contributed by atoms with van der Waals surface area (Å²) in [4.78, 5) is 12.0. The Labute approximate surface area is 222 Å². The van der Waals surface area contributed by atoms with Crippen LogP contribution in [0.2, 0.25) is 0 Å². The molecule has 0 aliphatic heterocycles. The van der Waals surface area contributed by atoms with Gasteiger partial charge in [-0.15, -0.1) is 0 Å². The van der Waals surface area contributed by atoms with Crippen LogP contribution in [0.1, 0.15) is 37.5 Å². The van der Waals surface area contributed by atoms with Gasteiger partial charge in [-0.25, -0.2) is 16.8 Å². The Bertz CT molecular complexity index is 1580. The molecular formula is C29H29FN2O5S. The molecule has 0 spiro atoms. The number of esters is 1. The van der Waals surface area contributed by atoms with Gasteiger partial charge in [0.1, 0.15) is 18.2 Å². The van der Waals surface area contributed by atoms with Crippen LogP contribution in [-0.4, -0.2) is 30.2 Å². The molecule has 0 aliphatic carbocycles. The number of para-hydroxylation sites is 1. The smallest absolute Gasteiger partial charge is 0.310 e. The molecule has 9 heteroatoms. The number of nitrogens with zero attached hydrogens (tertiary/aromatic N) is 1. The van der Waals surface area contributed by atoms with Crippen molar-refractivity contribution in [1.29, 1.82) is 0 Å². The molecule has 3 aromatic carbocycles. The normalized spacial score (nSPS) is 11.5. The van der Waals surface area contributed by atoms with Crippen molar-refractivity contribution in [2.75, 3.05) is 6.61 Å². The fourth-order valence-electron chi connectivity index (χ4n) is 4.16. The van der Waals surface area contributed by atoms with Gasteiger partial charge in [0, 0.05) is 29.3 Å². The van der Waals surface area contributed by atoms with Crippen LogP contribution < -0.4 is 10.5 Å². The number of carbonyl (C=O) groups excluding carboxylic acids is 1. The van der Waals surface area contributed by atoms with E-state index in [-0.39, 0.29) is 43.3 Å². The fraction of sp³-hybridized carbons (Fsp3) is 0.276. The topological polar surface area (TPSA) is 101 Å². The second kappa shape index (κ2) is 11.3. The van der Waals surface area contributed by atoms with E-state index in [4.69, 9.17) is 15.2 Å². The highest BCUT2D eigenvalue weighted by atomic mass is 32.2. The summed E-state index contributed by atoms with van der Waals surface area (Å²) in [7, 11) is -3.69. The summed E-state index contributed by atoms with van der Waals surface area (Å²) in [6.45, 7) is 5.22. The summed E-state index contributed by atoms with van der Waals surface area (Å²) < 4.78 is 53.9. The lowest BCUT2D eigenvalue weighted by Crippen LogP contribution is -2.21. The number of fused-ring (bicyclic) bond motifs is 1. The van der Waals surface area contributed by atoms with E-state index in [9.17, 15) is 13.2 Å². The minimum Gasteiger partial charge on any atom is -0.489 e. The van der Waals surface area contributed by atoms with E-state index in [0.717, 1.165) is 0 Å². The standard InChI is InChI=1S/C29H29FN2O5S/c1-4-36-28(33)16-21-8-5-6-11-27(21)37-18-20-14-25(24-10-7-9-22(17-31)29(24)30)23-12-13-32(26(23)15-20)38(34,35)19(2)3/h5-6,8,10-15,19H,4,16-18,31H2,1-3H3. The maximum atomic E-state index is 15.3. The maximum absolute atomic E-state index is 15.3. The molecule has 4 rings (SSSR count). The van der Waals surface area contributed by atoms with Crippen molar-refractivity contribution in [1.82, 2.24) is 3.97 Å². The number of ether oxygens (including phenoxy) is 2. The third-order valence-electron chi connectivity index (χ3n) is 6.14. The summed E-state index contributed by atoms with van der Waals surface area (Å²) in [5, 5.41) is -0.112. The highest BCUT2D eigenvalue weighted by molar-refractivity contribution is 7.90. The summed E-state index contributed by atoms with van der Waals surface area (Å²) in [6.07, 6.45) is 1.52. The molecule has 0 aliphatic rings. The second-order valence-electron chi connectivity index (χ2n) is 8.98. The van der Waals surface area contributed by atoms with Gasteiger partial charge in [-0.05, 0) is 62.2 Å². The number of aromatic nitrogens is 1. The molecule has 1 aromatic heterocycles. The third kappa shape index (κ3) is 5.37. The Kier molecular flexibility index (Phi) is 8.05. The van der Waals surface area contributed by atoms with Crippen molar-refractivity contribution >= 4 is 26.9 Å². The van der Waals surface area contributed by atoms with Crippen molar-refractivity contribution in [2.24, 2.45) is 5.73 Å². The molecule has 0 amide bonds. The van der Waals surface area contributed by atoms with E-state index in [1.54, 1.807) is 63.2 Å². The number of hydrogen-bond donors (Lipinski definition) is 1. The molecule has 4 aromatic rings. The largest absolute Gasteiger partial charge is 0.489 e. The minimum atomic E-state index is -3.69. The average Bonchev–Trinajstić information content (AvgIpc) is 3.33. The molecule has 0 unspecified atom stereocenters. The predicted octanol–water partition coefficient (Wildman–Crippen LogP) is 4.78.